The largest absolute Gasteiger partial charge is 0.481 e. The molecular formula is C44H73NO5. The van der Waals surface area contributed by atoms with Gasteiger partial charge in [-0.15, -0.1) is 0 Å². The predicted octanol–water partition coefficient (Wildman–Crippen LogP) is 9.95. The van der Waals surface area contributed by atoms with E-state index in [2.05, 4.69) is 66.9 Å². The summed E-state index contributed by atoms with van der Waals surface area (Å²) in [6.45, 7) is 34.0. The molecule has 0 radical (unpaired) electrons. The molecule has 6 rings (SSSR count). The monoisotopic (exact) mass is 696 g/mol. The summed E-state index contributed by atoms with van der Waals surface area (Å²) in [5.74, 6) is 0.996. The van der Waals surface area contributed by atoms with Crippen molar-refractivity contribution in [1.82, 2.24) is 4.90 Å². The molecule has 0 aromatic heterocycles. The van der Waals surface area contributed by atoms with E-state index in [1.165, 1.54) is 63.5 Å². The minimum Gasteiger partial charge on any atom is -0.481 e. The van der Waals surface area contributed by atoms with E-state index in [9.17, 15) is 14.7 Å². The highest BCUT2D eigenvalue weighted by Gasteiger charge is 2.77. The number of carbonyl (C=O) groups is 2. The van der Waals surface area contributed by atoms with Gasteiger partial charge in [0.15, 0.2) is 0 Å². The van der Waals surface area contributed by atoms with Crippen molar-refractivity contribution in [3.05, 3.63) is 12.2 Å². The Bertz CT molecular complexity index is 1350. The van der Waals surface area contributed by atoms with Crippen molar-refractivity contribution in [1.29, 1.82) is 0 Å². The van der Waals surface area contributed by atoms with Gasteiger partial charge in [0.05, 0.1) is 26.1 Å². The highest BCUT2D eigenvalue weighted by molar-refractivity contribution is 5.73. The summed E-state index contributed by atoms with van der Waals surface area (Å²) in [5.41, 5.74) is 1.80. The Morgan fingerprint density at radius 3 is 2.08 bits per heavy atom. The van der Waals surface area contributed by atoms with Crippen molar-refractivity contribution < 1.29 is 24.2 Å². The third-order valence-electron chi connectivity index (χ3n) is 18.8. The zero-order chi connectivity index (χ0) is 36.8. The molecule has 1 N–H and O–H groups in total. The van der Waals surface area contributed by atoms with Gasteiger partial charge in [0.25, 0.3) is 0 Å². The molecule has 1 heterocycles. The minimum absolute atomic E-state index is 0.00140. The molecule has 0 aromatic rings. The van der Waals surface area contributed by atoms with Crippen molar-refractivity contribution in [2.24, 2.45) is 61.1 Å². The molecule has 6 heteroatoms. The van der Waals surface area contributed by atoms with Crippen LogP contribution in [0.1, 0.15) is 153 Å². The molecule has 50 heavy (non-hydrogen) atoms. The number of allylic oxidation sites excluding steroid dienone is 1. The number of hydrogen-bond donors (Lipinski definition) is 1. The van der Waals surface area contributed by atoms with E-state index in [1.54, 1.807) is 0 Å². The molecule has 0 spiro atoms. The van der Waals surface area contributed by atoms with Gasteiger partial charge in [-0.2, -0.15) is 0 Å². The van der Waals surface area contributed by atoms with E-state index in [0.717, 1.165) is 57.4 Å². The molecule has 6 nitrogen and oxygen atoms in total. The lowest BCUT2D eigenvalue weighted by molar-refractivity contribution is -0.321. The lowest BCUT2D eigenvalue weighted by Crippen LogP contribution is -2.74. The fourth-order valence-corrected chi connectivity index (χ4v) is 14.8. The Labute approximate surface area is 305 Å². The molecular weight excluding hydrogens is 622 g/mol. The molecule has 0 aromatic carbocycles. The van der Waals surface area contributed by atoms with E-state index < -0.39 is 11.4 Å². The Morgan fingerprint density at radius 1 is 0.820 bits per heavy atom. The summed E-state index contributed by atoms with van der Waals surface area (Å²) < 4.78 is 12.1. The molecule has 1 saturated heterocycles. The number of carboxylic acid groups (broad SMARTS) is 1. The maximum atomic E-state index is 13.4. The zero-order valence-electron chi connectivity index (χ0n) is 33.8. The third-order valence-corrected chi connectivity index (χ3v) is 18.8. The minimum atomic E-state index is -0.870. The van der Waals surface area contributed by atoms with Crippen LogP contribution in [0.5, 0.6) is 0 Å². The maximum absolute atomic E-state index is 13.4. The van der Waals surface area contributed by atoms with Crippen molar-refractivity contribution >= 4 is 11.9 Å². The summed E-state index contributed by atoms with van der Waals surface area (Å²) in [4.78, 5) is 27.5. The molecule has 284 valence electrons. The molecule has 5 aliphatic carbocycles. The van der Waals surface area contributed by atoms with Gasteiger partial charge in [0.1, 0.15) is 6.10 Å². The van der Waals surface area contributed by atoms with E-state index in [4.69, 9.17) is 9.47 Å². The number of aliphatic carboxylic acids is 1. The first-order chi connectivity index (χ1) is 23.1. The molecule has 10 atom stereocenters. The van der Waals surface area contributed by atoms with Gasteiger partial charge in [0, 0.05) is 18.5 Å². The summed E-state index contributed by atoms with van der Waals surface area (Å²) in [6.07, 6.45) is 13.6. The Morgan fingerprint density at radius 2 is 1.44 bits per heavy atom. The SMILES string of the molecule is C=C(C)[C@@H]1CC[C@]2(CCN3CCOCC3)CC[C@]3(C)[C@H](CC[C@]4(C)[C@@]5(C)CC[C@H](OC(=O)CC(C)(C)CC(=O)O)C(C)(C)[C@]5(C)CC[C@]43C)[C@@H]12. The highest BCUT2D eigenvalue weighted by atomic mass is 16.5. The molecule has 0 unspecified atom stereocenters. The summed E-state index contributed by atoms with van der Waals surface area (Å²) in [5, 5.41) is 9.39. The number of fused-ring (bicyclic) bond motifs is 7. The fraction of sp³-hybridized carbons (Fsp3) is 0.909. The van der Waals surface area contributed by atoms with Gasteiger partial charge in [-0.25, -0.2) is 0 Å². The van der Waals surface area contributed by atoms with Gasteiger partial charge in [-0.05, 0) is 140 Å². The number of hydrogen-bond acceptors (Lipinski definition) is 5. The van der Waals surface area contributed by atoms with Crippen molar-refractivity contribution in [2.45, 2.75) is 159 Å². The third kappa shape index (κ3) is 5.43. The van der Waals surface area contributed by atoms with Gasteiger partial charge in [-0.1, -0.05) is 74.5 Å². The summed E-state index contributed by atoms with van der Waals surface area (Å²) in [6, 6.07) is 0. The van der Waals surface area contributed by atoms with Crippen LogP contribution in [0.3, 0.4) is 0 Å². The van der Waals surface area contributed by atoms with Crippen LogP contribution in [0.2, 0.25) is 0 Å². The molecule has 0 amide bonds. The van der Waals surface area contributed by atoms with Crippen molar-refractivity contribution in [3.8, 4) is 0 Å². The number of esters is 1. The standard InChI is InChI=1S/C44H73NO5/c1-30(2)31-12-17-44(22-23-45-24-26-49-27-25-45)21-18-39(7)32(36(31)44)13-15-43(11)41(39,9)20-19-40(8)38(5,6)33(14-16-42(40,43)10)50-35(48)29-37(3,4)28-34(46)47/h31-33,36H,1,12-29H2,2-11H3,(H,46,47)/t31-,32+,33-,36+,39+,40-,41-,42-,43-,44+/m0/s1. The first-order valence-corrected chi connectivity index (χ1v) is 20.5. The fourth-order valence-electron chi connectivity index (χ4n) is 14.8. The average Bonchev–Trinajstić information content (AvgIpc) is 3.41. The van der Waals surface area contributed by atoms with Crippen LogP contribution in [0.4, 0.5) is 0 Å². The first-order valence-electron chi connectivity index (χ1n) is 20.5. The lowest BCUT2D eigenvalue weighted by Gasteiger charge is -2.80. The first kappa shape index (κ1) is 38.3. The van der Waals surface area contributed by atoms with Crippen molar-refractivity contribution in [2.75, 3.05) is 32.8 Å². The second kappa shape index (κ2) is 12.6. The van der Waals surface area contributed by atoms with Crippen LogP contribution >= 0.6 is 0 Å². The number of carbonyl (C=O) groups excluding carboxylic acids is 1. The Hall–Kier alpha value is -1.40. The Kier molecular flexibility index (Phi) is 9.65. The topological polar surface area (TPSA) is 76.1 Å². The van der Waals surface area contributed by atoms with Crippen LogP contribution in [0, 0.1) is 61.1 Å². The zero-order valence-corrected chi connectivity index (χ0v) is 33.8. The molecule has 6 fully saturated rings. The average molecular weight is 696 g/mol. The number of ether oxygens (including phenoxy) is 2. The number of morpholine rings is 1. The second-order valence-corrected chi connectivity index (χ2v) is 21.1. The smallest absolute Gasteiger partial charge is 0.306 e. The van der Waals surface area contributed by atoms with E-state index in [-0.39, 0.29) is 57.4 Å². The van der Waals surface area contributed by atoms with Gasteiger partial charge in [-0.3, -0.25) is 14.5 Å². The van der Waals surface area contributed by atoms with Crippen LogP contribution in [-0.2, 0) is 19.1 Å². The highest BCUT2D eigenvalue weighted by Crippen LogP contribution is 2.84. The van der Waals surface area contributed by atoms with E-state index in [1.807, 2.05) is 13.8 Å². The van der Waals surface area contributed by atoms with Gasteiger partial charge < -0.3 is 14.6 Å². The number of nitrogens with zero attached hydrogens (tertiary/aromatic N) is 1. The normalized spacial score (nSPS) is 45.8. The Balaban J connectivity index is 1.28. The van der Waals surface area contributed by atoms with Crippen LogP contribution in [0.15, 0.2) is 12.2 Å². The van der Waals surface area contributed by atoms with E-state index >= 15 is 0 Å². The van der Waals surface area contributed by atoms with Gasteiger partial charge >= 0.3 is 11.9 Å². The van der Waals surface area contributed by atoms with E-state index in [0.29, 0.717) is 11.3 Å². The molecule has 5 saturated carbocycles. The number of carboxylic acids is 1. The van der Waals surface area contributed by atoms with Crippen LogP contribution in [-0.4, -0.2) is 60.9 Å². The molecule has 1 aliphatic heterocycles. The van der Waals surface area contributed by atoms with Crippen molar-refractivity contribution in [3.63, 3.8) is 0 Å². The molecule has 0 bridgehead atoms. The van der Waals surface area contributed by atoms with Crippen LogP contribution in [0.25, 0.3) is 0 Å². The molecule has 6 aliphatic rings. The maximum Gasteiger partial charge on any atom is 0.306 e. The lowest BCUT2D eigenvalue weighted by atomic mass is 9.25. The predicted molar refractivity (Wildman–Crippen MR) is 201 cm³/mol. The summed E-state index contributed by atoms with van der Waals surface area (Å²) in [7, 11) is 0. The summed E-state index contributed by atoms with van der Waals surface area (Å²) >= 11 is 0. The second-order valence-electron chi connectivity index (χ2n) is 21.1. The quantitative estimate of drug-likeness (QED) is 0.191. The van der Waals surface area contributed by atoms with Crippen LogP contribution < -0.4 is 0 Å². The number of rotatable bonds is 9. The van der Waals surface area contributed by atoms with Gasteiger partial charge in [0.2, 0.25) is 0 Å².